The fourth-order valence-corrected chi connectivity index (χ4v) is 4.85. The molecule has 2 aromatic rings. The fraction of sp³-hybridized carbons (Fsp3) is 0.480. The number of hydrogen-bond donors (Lipinski definition) is 2. The average Bonchev–Trinajstić information content (AvgIpc) is 2.99. The predicted molar refractivity (Wildman–Crippen MR) is 137 cm³/mol. The zero-order valence-corrected chi connectivity index (χ0v) is 21.4. The van der Waals surface area contributed by atoms with Crippen LogP contribution in [0.15, 0.2) is 41.4 Å². The highest BCUT2D eigenvalue weighted by molar-refractivity contribution is 7.96. The second-order valence-corrected chi connectivity index (χ2v) is 11.1. The monoisotopic (exact) mass is 499 g/mol. The lowest BCUT2D eigenvalue weighted by molar-refractivity contribution is -0.129. The minimum Gasteiger partial charge on any atom is -0.344 e. The summed E-state index contributed by atoms with van der Waals surface area (Å²) in [6, 6.07) is 9.39. The molecule has 1 aromatic heterocycles. The van der Waals surface area contributed by atoms with Crippen LogP contribution >= 0.6 is 0 Å². The summed E-state index contributed by atoms with van der Waals surface area (Å²) in [5.74, 6) is -1.09. The van der Waals surface area contributed by atoms with E-state index in [-0.39, 0.29) is 23.4 Å². The van der Waals surface area contributed by atoms with Crippen LogP contribution in [0.4, 0.5) is 0 Å². The van der Waals surface area contributed by atoms with Crippen molar-refractivity contribution < 1.29 is 18.6 Å². The third-order valence-electron chi connectivity index (χ3n) is 5.66. The van der Waals surface area contributed by atoms with Crippen molar-refractivity contribution in [2.75, 3.05) is 20.1 Å². The molecule has 1 saturated heterocycles. The van der Waals surface area contributed by atoms with Crippen LogP contribution in [0.3, 0.4) is 0 Å². The van der Waals surface area contributed by atoms with Crippen LogP contribution < -0.4 is 10.6 Å². The van der Waals surface area contributed by atoms with Gasteiger partial charge < -0.3 is 10.6 Å². The minimum absolute atomic E-state index is 0.0408. The molecule has 10 heteroatoms. The molecule has 2 heterocycles. The smallest absolute Gasteiger partial charge is 0.270 e. The van der Waals surface area contributed by atoms with Gasteiger partial charge in [-0.05, 0) is 36.8 Å². The van der Waals surface area contributed by atoms with Gasteiger partial charge >= 0.3 is 0 Å². The van der Waals surface area contributed by atoms with E-state index in [1.54, 1.807) is 10.4 Å². The third-order valence-corrected chi connectivity index (χ3v) is 6.87. The number of nitrogens with one attached hydrogen (secondary N) is 2. The van der Waals surface area contributed by atoms with Crippen LogP contribution in [0.25, 0.3) is 10.9 Å². The van der Waals surface area contributed by atoms with Gasteiger partial charge in [0.25, 0.3) is 5.91 Å². The molecule has 1 aromatic carbocycles. The largest absolute Gasteiger partial charge is 0.344 e. The Hall–Kier alpha value is -2.98. The lowest BCUT2D eigenvalue weighted by Gasteiger charge is -2.27. The number of carbonyl (C=O) groups is 3. The Bertz CT molecular complexity index is 1140. The number of aromatic nitrogens is 1. The van der Waals surface area contributed by atoms with Crippen molar-refractivity contribution in [3.8, 4) is 0 Å². The number of fused-ring (bicyclic) bond motifs is 1. The molecular weight excluding hydrogens is 466 g/mol. The summed E-state index contributed by atoms with van der Waals surface area (Å²) in [6.07, 6.45) is 1.41. The molecule has 2 amide bonds. The molecule has 1 aliphatic rings. The SMILES string of the molecule is CN=CS(=O)N1CCCC(NC(=O)C(CC(C)(C)C)NC(=O)c2ccc3ccccc3n2)C(=O)C1. The number of carbonyl (C=O) groups excluding carboxylic acids is 3. The van der Waals surface area contributed by atoms with Crippen molar-refractivity contribution in [2.24, 2.45) is 10.4 Å². The molecule has 9 nitrogen and oxygen atoms in total. The van der Waals surface area contributed by atoms with Gasteiger partial charge in [0.2, 0.25) is 5.91 Å². The van der Waals surface area contributed by atoms with Crippen LogP contribution in [0, 0.1) is 5.41 Å². The molecule has 0 saturated carbocycles. The van der Waals surface area contributed by atoms with E-state index in [4.69, 9.17) is 0 Å². The van der Waals surface area contributed by atoms with Gasteiger partial charge in [0, 0.05) is 19.0 Å². The van der Waals surface area contributed by atoms with E-state index in [0.717, 1.165) is 5.39 Å². The van der Waals surface area contributed by atoms with Gasteiger partial charge in [0.1, 0.15) is 28.3 Å². The Morgan fingerprint density at radius 3 is 2.71 bits per heavy atom. The van der Waals surface area contributed by atoms with E-state index < -0.39 is 34.9 Å². The highest BCUT2D eigenvalue weighted by Gasteiger charge is 2.32. The Kier molecular flexibility index (Phi) is 8.85. The zero-order chi connectivity index (χ0) is 25.6. The lowest BCUT2D eigenvalue weighted by Crippen LogP contribution is -2.53. The number of ketones is 1. The first kappa shape index (κ1) is 26.6. The molecule has 3 rings (SSSR count). The first-order valence-corrected chi connectivity index (χ1v) is 12.8. The summed E-state index contributed by atoms with van der Waals surface area (Å²) in [5, 5.41) is 6.56. The van der Waals surface area contributed by atoms with E-state index in [0.29, 0.717) is 31.3 Å². The minimum atomic E-state index is -1.48. The summed E-state index contributed by atoms with van der Waals surface area (Å²) in [6.45, 7) is 6.36. The van der Waals surface area contributed by atoms with Crippen LogP contribution in [0.5, 0.6) is 0 Å². The normalized spacial score (nSPS) is 19.3. The molecule has 35 heavy (non-hydrogen) atoms. The number of rotatable bonds is 7. The summed E-state index contributed by atoms with van der Waals surface area (Å²) in [4.78, 5) is 47.3. The number of aliphatic imine (C=N–C) groups is 1. The molecule has 1 fully saturated rings. The molecule has 0 radical (unpaired) electrons. The molecule has 188 valence electrons. The van der Waals surface area contributed by atoms with Crippen molar-refractivity contribution in [3.63, 3.8) is 0 Å². The maximum absolute atomic E-state index is 13.3. The Balaban J connectivity index is 1.72. The molecule has 3 atom stereocenters. The maximum atomic E-state index is 13.3. The summed E-state index contributed by atoms with van der Waals surface area (Å²) < 4.78 is 13.8. The second kappa shape index (κ2) is 11.6. The number of amides is 2. The highest BCUT2D eigenvalue weighted by Crippen LogP contribution is 2.22. The topological polar surface area (TPSA) is 121 Å². The molecule has 3 unspecified atom stereocenters. The van der Waals surface area contributed by atoms with E-state index in [1.165, 1.54) is 12.6 Å². The second-order valence-electron chi connectivity index (χ2n) is 9.85. The van der Waals surface area contributed by atoms with Gasteiger partial charge in [-0.25, -0.2) is 13.5 Å². The van der Waals surface area contributed by atoms with E-state index in [9.17, 15) is 18.6 Å². The predicted octanol–water partition coefficient (Wildman–Crippen LogP) is 2.24. The number of Topliss-reactive ketones (excluding diaryl/α,β-unsaturated/α-hetero) is 1. The highest BCUT2D eigenvalue weighted by atomic mass is 32.2. The summed E-state index contributed by atoms with van der Waals surface area (Å²) in [5.41, 5.74) is 1.95. The number of nitrogens with zero attached hydrogens (tertiary/aromatic N) is 3. The molecule has 0 spiro atoms. The molecule has 2 N–H and O–H groups in total. The molecule has 0 bridgehead atoms. The average molecular weight is 500 g/mol. The maximum Gasteiger partial charge on any atom is 0.270 e. The van der Waals surface area contributed by atoms with E-state index in [1.807, 2.05) is 51.1 Å². The first-order chi connectivity index (χ1) is 16.6. The summed E-state index contributed by atoms with van der Waals surface area (Å²) in [7, 11) is 0.0423. The third kappa shape index (κ3) is 7.50. The van der Waals surface area contributed by atoms with Crippen molar-refractivity contribution in [1.82, 2.24) is 19.9 Å². The number of hydrogen-bond acceptors (Lipinski definition) is 6. The fourth-order valence-electron chi connectivity index (χ4n) is 3.98. The van der Waals surface area contributed by atoms with Crippen molar-refractivity contribution in [2.45, 2.75) is 52.1 Å². The Labute approximate surface area is 208 Å². The van der Waals surface area contributed by atoms with Crippen LogP contribution in [-0.4, -0.2) is 68.9 Å². The van der Waals surface area contributed by atoms with Crippen LogP contribution in [0.2, 0.25) is 0 Å². The number of benzene rings is 1. The van der Waals surface area contributed by atoms with Crippen LogP contribution in [-0.2, 0) is 20.6 Å². The number of pyridine rings is 1. The summed E-state index contributed by atoms with van der Waals surface area (Å²) >= 11 is 0. The van der Waals surface area contributed by atoms with E-state index in [2.05, 4.69) is 20.6 Å². The first-order valence-electron chi connectivity index (χ1n) is 11.6. The molecular formula is C25H33N5O4S. The van der Waals surface area contributed by atoms with E-state index >= 15 is 0 Å². The van der Waals surface area contributed by atoms with Crippen LogP contribution in [0.1, 0.15) is 50.5 Å². The van der Waals surface area contributed by atoms with Crippen molar-refractivity contribution >= 4 is 45.0 Å². The van der Waals surface area contributed by atoms with Gasteiger partial charge in [-0.1, -0.05) is 45.0 Å². The standard InChI is InChI=1S/C25H33N5O4S/c1-25(2,3)14-21(29-23(32)20-12-11-17-8-5-6-9-18(17)27-20)24(33)28-19-10-7-13-30(15-22(19)31)35(34)16-26-4/h5-6,8-9,11-12,16,19,21H,7,10,13-15H2,1-4H3,(H,28,33)(H,29,32). The van der Waals surface area contributed by atoms with Gasteiger partial charge in [-0.15, -0.1) is 0 Å². The van der Waals surface area contributed by atoms with Gasteiger partial charge in [0.05, 0.1) is 18.1 Å². The van der Waals surface area contributed by atoms with Crippen molar-refractivity contribution in [1.29, 1.82) is 0 Å². The molecule has 0 aliphatic carbocycles. The quantitative estimate of drug-likeness (QED) is 0.447. The molecule has 1 aliphatic heterocycles. The Morgan fingerprint density at radius 1 is 1.26 bits per heavy atom. The zero-order valence-electron chi connectivity index (χ0n) is 20.6. The Morgan fingerprint density at radius 2 is 2.00 bits per heavy atom. The number of para-hydroxylation sites is 1. The van der Waals surface area contributed by atoms with Gasteiger partial charge in [-0.2, -0.15) is 0 Å². The lowest BCUT2D eigenvalue weighted by atomic mass is 9.87. The van der Waals surface area contributed by atoms with Gasteiger partial charge in [-0.3, -0.25) is 19.4 Å². The van der Waals surface area contributed by atoms with Crippen molar-refractivity contribution in [3.05, 3.63) is 42.1 Å². The van der Waals surface area contributed by atoms with Gasteiger partial charge in [0.15, 0.2) is 5.78 Å².